The van der Waals surface area contributed by atoms with Gasteiger partial charge in [0.25, 0.3) is 5.91 Å². The normalized spacial score (nSPS) is 17.6. The highest BCUT2D eigenvalue weighted by atomic mass is 16.3. The van der Waals surface area contributed by atoms with E-state index in [9.17, 15) is 9.90 Å². The molecule has 3 aromatic heterocycles. The van der Waals surface area contributed by atoms with Crippen molar-refractivity contribution >= 4 is 5.91 Å². The molecule has 4 aromatic rings. The molecule has 2 atom stereocenters. The number of hydrogen-bond acceptors (Lipinski definition) is 5. The number of hydrogen-bond donors (Lipinski definition) is 2. The summed E-state index contributed by atoms with van der Waals surface area (Å²) >= 11 is 0. The fourth-order valence-electron chi connectivity index (χ4n) is 4.69. The smallest absolute Gasteiger partial charge is 0.270 e. The first kappa shape index (κ1) is 23.0. The molecule has 1 aliphatic carbocycles. The van der Waals surface area contributed by atoms with Gasteiger partial charge in [-0.05, 0) is 67.5 Å². The van der Waals surface area contributed by atoms with E-state index in [-0.39, 0.29) is 11.9 Å². The second-order valence-electron chi connectivity index (χ2n) is 9.34. The topological polar surface area (TPSA) is 97.9 Å². The first-order chi connectivity index (χ1) is 16.9. The molecule has 0 bridgehead atoms. The Morgan fingerprint density at radius 1 is 1.03 bits per heavy atom. The maximum absolute atomic E-state index is 13.1. The van der Waals surface area contributed by atoms with Crippen LogP contribution in [0.4, 0.5) is 0 Å². The maximum Gasteiger partial charge on any atom is 0.270 e. The Morgan fingerprint density at radius 3 is 2.31 bits per heavy atom. The summed E-state index contributed by atoms with van der Waals surface area (Å²) in [6.45, 7) is 2.02. The molecule has 2 N–H and O–H groups in total. The van der Waals surface area contributed by atoms with Crippen molar-refractivity contribution in [3.63, 3.8) is 0 Å². The van der Waals surface area contributed by atoms with Crippen LogP contribution in [0, 0.1) is 6.92 Å². The van der Waals surface area contributed by atoms with Crippen LogP contribution in [0.15, 0.2) is 54.9 Å². The van der Waals surface area contributed by atoms with Gasteiger partial charge in [0.1, 0.15) is 11.4 Å². The van der Waals surface area contributed by atoms with Crippen LogP contribution in [0.1, 0.15) is 46.4 Å². The van der Waals surface area contributed by atoms with E-state index >= 15 is 0 Å². The van der Waals surface area contributed by atoms with Crippen LogP contribution in [0.2, 0.25) is 0 Å². The summed E-state index contributed by atoms with van der Waals surface area (Å²) in [6.07, 6.45) is 6.35. The van der Waals surface area contributed by atoms with Crippen molar-refractivity contribution in [3.05, 3.63) is 77.2 Å². The van der Waals surface area contributed by atoms with Crippen LogP contribution in [-0.4, -0.2) is 47.7 Å². The van der Waals surface area contributed by atoms with Gasteiger partial charge in [-0.3, -0.25) is 14.2 Å². The van der Waals surface area contributed by atoms with Crippen LogP contribution >= 0.6 is 0 Å². The molecule has 5 rings (SSSR count). The van der Waals surface area contributed by atoms with E-state index in [0.29, 0.717) is 24.2 Å². The predicted molar refractivity (Wildman–Crippen MR) is 134 cm³/mol. The van der Waals surface area contributed by atoms with Crippen LogP contribution < -0.4 is 5.32 Å². The quantitative estimate of drug-likeness (QED) is 0.450. The second kappa shape index (κ2) is 9.46. The third-order valence-electron chi connectivity index (χ3n) is 6.72. The summed E-state index contributed by atoms with van der Waals surface area (Å²) in [5.74, 6) is -0.264. The monoisotopic (exact) mass is 470 g/mol. The molecule has 0 unspecified atom stereocenters. The van der Waals surface area contributed by atoms with E-state index in [0.717, 1.165) is 46.5 Å². The SMILES string of the molecule is Cc1c(Cc2ccc(-c3ccn(C)n3)cc2)cc(C(=O)N[C@H]2CCC[C@@H]2O)nc1-c1ccn(C)n1. The van der Waals surface area contributed by atoms with Crippen molar-refractivity contribution in [3.8, 4) is 22.6 Å². The van der Waals surface area contributed by atoms with Crippen LogP contribution in [0.25, 0.3) is 22.6 Å². The van der Waals surface area contributed by atoms with Gasteiger partial charge in [0.2, 0.25) is 0 Å². The minimum Gasteiger partial charge on any atom is -0.391 e. The third kappa shape index (κ3) is 4.88. The summed E-state index contributed by atoms with van der Waals surface area (Å²) < 4.78 is 3.52. The largest absolute Gasteiger partial charge is 0.391 e. The molecule has 1 saturated carbocycles. The molecule has 0 saturated heterocycles. The molecule has 0 radical (unpaired) electrons. The number of nitrogens with one attached hydrogen (secondary N) is 1. The lowest BCUT2D eigenvalue weighted by Crippen LogP contribution is -2.40. The summed E-state index contributed by atoms with van der Waals surface area (Å²) in [4.78, 5) is 17.8. The van der Waals surface area contributed by atoms with Crippen LogP contribution in [0.3, 0.4) is 0 Å². The number of aromatic nitrogens is 5. The molecule has 0 aliphatic heterocycles. The Bertz CT molecular complexity index is 1350. The predicted octanol–water partition coefficient (Wildman–Crippen LogP) is 3.43. The van der Waals surface area contributed by atoms with Crippen molar-refractivity contribution in [2.45, 2.75) is 44.8 Å². The maximum atomic E-state index is 13.1. The summed E-state index contributed by atoms with van der Waals surface area (Å²) in [7, 11) is 3.77. The van der Waals surface area contributed by atoms with Gasteiger partial charge in [-0.25, -0.2) is 4.98 Å². The molecular formula is C27H30N6O2. The molecule has 0 spiro atoms. The van der Waals surface area contributed by atoms with Gasteiger partial charge in [-0.1, -0.05) is 24.3 Å². The van der Waals surface area contributed by atoms with Gasteiger partial charge in [-0.2, -0.15) is 10.2 Å². The van der Waals surface area contributed by atoms with E-state index in [1.165, 1.54) is 0 Å². The van der Waals surface area contributed by atoms with Gasteiger partial charge in [0.05, 0.1) is 23.5 Å². The zero-order valence-corrected chi connectivity index (χ0v) is 20.3. The highest BCUT2D eigenvalue weighted by molar-refractivity contribution is 5.93. The molecule has 180 valence electrons. The van der Waals surface area contributed by atoms with E-state index < -0.39 is 6.10 Å². The fraction of sp³-hybridized carbons (Fsp3) is 0.333. The number of pyridine rings is 1. The van der Waals surface area contributed by atoms with Gasteiger partial charge in [0.15, 0.2) is 0 Å². The highest BCUT2D eigenvalue weighted by Gasteiger charge is 2.28. The molecule has 1 aliphatic rings. The Morgan fingerprint density at radius 2 is 1.71 bits per heavy atom. The van der Waals surface area contributed by atoms with Gasteiger partial charge in [0, 0.05) is 32.1 Å². The number of carbonyl (C=O) groups is 1. The van der Waals surface area contributed by atoms with Gasteiger partial charge >= 0.3 is 0 Å². The lowest BCUT2D eigenvalue weighted by atomic mass is 9.97. The molecule has 35 heavy (non-hydrogen) atoms. The minimum absolute atomic E-state index is 0.230. The zero-order valence-electron chi connectivity index (χ0n) is 20.3. The van der Waals surface area contributed by atoms with Gasteiger partial charge in [-0.15, -0.1) is 0 Å². The zero-order chi connectivity index (χ0) is 24.5. The van der Waals surface area contributed by atoms with Crippen molar-refractivity contribution in [2.75, 3.05) is 0 Å². The van der Waals surface area contributed by atoms with Crippen molar-refractivity contribution < 1.29 is 9.90 Å². The van der Waals surface area contributed by atoms with Crippen molar-refractivity contribution in [1.82, 2.24) is 29.9 Å². The summed E-state index contributed by atoms with van der Waals surface area (Å²) in [6, 6.07) is 13.9. The lowest BCUT2D eigenvalue weighted by molar-refractivity contribution is 0.0868. The Kier molecular flexibility index (Phi) is 6.21. The first-order valence-electron chi connectivity index (χ1n) is 12.0. The van der Waals surface area contributed by atoms with E-state index in [4.69, 9.17) is 4.98 Å². The molecule has 3 heterocycles. The third-order valence-corrected chi connectivity index (χ3v) is 6.72. The standard InChI is InChI=1S/C27H30N6O2/c1-17-20(15-18-7-9-19(10-8-18)21-11-13-32(2)30-21)16-24(27(35)29-22-5-4-6-25(22)34)28-26(17)23-12-14-33(3)31-23/h7-14,16,22,25,34H,4-6,15H2,1-3H3,(H,29,35)/t22-,25-/m0/s1. The number of carbonyl (C=O) groups excluding carboxylic acids is 1. The number of amides is 1. The van der Waals surface area contributed by atoms with Crippen molar-refractivity contribution in [1.29, 1.82) is 0 Å². The van der Waals surface area contributed by atoms with Crippen LogP contribution in [0.5, 0.6) is 0 Å². The lowest BCUT2D eigenvalue weighted by Gasteiger charge is -2.18. The molecular weight excluding hydrogens is 440 g/mol. The first-order valence-corrected chi connectivity index (χ1v) is 12.0. The van der Waals surface area contributed by atoms with Crippen molar-refractivity contribution in [2.24, 2.45) is 14.1 Å². The summed E-state index contributed by atoms with van der Waals surface area (Å²) in [5, 5.41) is 22.1. The fourth-order valence-corrected chi connectivity index (χ4v) is 4.69. The second-order valence-corrected chi connectivity index (χ2v) is 9.34. The molecule has 8 heteroatoms. The van der Waals surface area contributed by atoms with Crippen LogP contribution in [-0.2, 0) is 20.5 Å². The Labute approximate surface area is 204 Å². The van der Waals surface area contributed by atoms with Gasteiger partial charge < -0.3 is 10.4 Å². The minimum atomic E-state index is -0.503. The number of rotatable bonds is 6. The average Bonchev–Trinajstić information content (AvgIpc) is 3.58. The Balaban J connectivity index is 1.47. The number of benzene rings is 1. The average molecular weight is 471 g/mol. The number of aryl methyl sites for hydroxylation is 2. The molecule has 1 amide bonds. The van der Waals surface area contributed by atoms with E-state index in [1.807, 2.05) is 51.6 Å². The number of nitrogens with zero attached hydrogens (tertiary/aromatic N) is 5. The molecule has 1 fully saturated rings. The van der Waals surface area contributed by atoms with E-state index in [1.54, 1.807) is 9.36 Å². The number of aliphatic hydroxyl groups excluding tert-OH is 1. The van der Waals surface area contributed by atoms with E-state index in [2.05, 4.69) is 39.8 Å². The molecule has 1 aromatic carbocycles. The highest BCUT2D eigenvalue weighted by Crippen LogP contribution is 2.27. The molecule has 8 nitrogen and oxygen atoms in total. The number of aliphatic hydroxyl groups is 1. The Hall–Kier alpha value is -3.78. The summed E-state index contributed by atoms with van der Waals surface area (Å²) in [5.41, 5.74) is 6.91.